The molecule has 0 spiro atoms. The van der Waals surface area contributed by atoms with Crippen LogP contribution in [0.15, 0.2) is 0 Å². The minimum atomic E-state index is -1.92. The highest BCUT2D eigenvalue weighted by molar-refractivity contribution is 7.62. The highest BCUT2D eigenvalue weighted by Gasteiger charge is 2.19. The zero-order chi connectivity index (χ0) is 14.2. The molecule has 0 radical (unpaired) electrons. The number of nitrogens with one attached hydrogen (secondary N) is 2. The van der Waals surface area contributed by atoms with Gasteiger partial charge < -0.3 is 20.3 Å². The largest absolute Gasteiger partial charge is 0.480 e. The summed E-state index contributed by atoms with van der Waals surface area (Å²) in [5.74, 6) is -0.711. The van der Waals surface area contributed by atoms with Crippen LogP contribution in [0.3, 0.4) is 0 Å². The monoisotopic (exact) mass is 278 g/mol. The number of hydrogen-bond donors (Lipinski definition) is 3. The van der Waals surface area contributed by atoms with Crippen molar-refractivity contribution in [1.29, 1.82) is 0 Å². The maximum atomic E-state index is 11.4. The lowest BCUT2D eigenvalue weighted by Gasteiger charge is -2.17. The first-order valence-corrected chi connectivity index (χ1v) is 9.23. The van der Waals surface area contributed by atoms with E-state index in [4.69, 9.17) is 5.11 Å². The van der Waals surface area contributed by atoms with Gasteiger partial charge in [-0.3, -0.25) is 4.79 Å². The lowest BCUT2D eigenvalue weighted by atomic mass is 10.0. The zero-order valence-electron chi connectivity index (χ0n) is 11.9. The van der Waals surface area contributed by atoms with Gasteiger partial charge in [0.25, 0.3) is 0 Å². The Morgan fingerprint density at radius 2 is 1.83 bits per heavy atom. The lowest BCUT2D eigenvalue weighted by Crippen LogP contribution is -2.41. The smallest absolute Gasteiger partial charge is 0.320 e. The van der Waals surface area contributed by atoms with E-state index in [-0.39, 0.29) is 5.92 Å². The standard InChI is InChI=1S/C12H27N2O3P/c1-10(2)11(12(15)16)14-7-5-6-13-8-9-18(3,4)17/h10-11,13-14H,5-9H2,1-4H3,(H,15,16). The van der Waals surface area contributed by atoms with E-state index in [0.717, 1.165) is 19.5 Å². The predicted molar refractivity (Wildman–Crippen MR) is 76.1 cm³/mol. The third-order valence-electron chi connectivity index (χ3n) is 2.65. The van der Waals surface area contributed by atoms with Crippen LogP contribution in [-0.2, 0) is 9.36 Å². The third kappa shape index (κ3) is 9.63. The Morgan fingerprint density at radius 1 is 1.22 bits per heavy atom. The SMILES string of the molecule is CC(C)C(NCCCNCCP(C)(C)=O)C(=O)O. The van der Waals surface area contributed by atoms with Crippen molar-refractivity contribution in [2.24, 2.45) is 5.92 Å². The number of carboxylic acid groups (broad SMARTS) is 1. The fraction of sp³-hybridized carbons (Fsp3) is 0.917. The molecule has 0 aliphatic rings. The number of carbonyl (C=O) groups is 1. The average molecular weight is 278 g/mol. The van der Waals surface area contributed by atoms with Gasteiger partial charge in [-0.25, -0.2) is 0 Å². The summed E-state index contributed by atoms with van der Waals surface area (Å²) in [4.78, 5) is 10.9. The van der Waals surface area contributed by atoms with Crippen molar-refractivity contribution in [3.05, 3.63) is 0 Å². The Bertz CT molecular complexity index is 289. The maximum Gasteiger partial charge on any atom is 0.320 e. The first kappa shape index (κ1) is 17.6. The van der Waals surface area contributed by atoms with E-state index in [1.165, 1.54) is 0 Å². The van der Waals surface area contributed by atoms with Crippen LogP contribution in [0.1, 0.15) is 20.3 Å². The van der Waals surface area contributed by atoms with Gasteiger partial charge in [0.2, 0.25) is 0 Å². The number of hydrogen-bond acceptors (Lipinski definition) is 4. The molecule has 0 saturated heterocycles. The molecule has 0 rings (SSSR count). The Hall–Kier alpha value is -0.380. The van der Waals surface area contributed by atoms with Crippen molar-refractivity contribution in [1.82, 2.24) is 10.6 Å². The van der Waals surface area contributed by atoms with Gasteiger partial charge in [0.1, 0.15) is 6.04 Å². The molecule has 18 heavy (non-hydrogen) atoms. The minimum absolute atomic E-state index is 0.0847. The molecule has 0 fully saturated rings. The van der Waals surface area contributed by atoms with Crippen LogP contribution in [0.2, 0.25) is 0 Å². The Labute approximate surface area is 110 Å². The van der Waals surface area contributed by atoms with Crippen molar-refractivity contribution < 1.29 is 14.5 Å². The van der Waals surface area contributed by atoms with Gasteiger partial charge >= 0.3 is 5.97 Å². The summed E-state index contributed by atoms with van der Waals surface area (Å²) >= 11 is 0. The topological polar surface area (TPSA) is 78.4 Å². The van der Waals surface area contributed by atoms with E-state index in [9.17, 15) is 9.36 Å². The Balaban J connectivity index is 3.56. The van der Waals surface area contributed by atoms with Gasteiger partial charge in [-0.1, -0.05) is 13.8 Å². The van der Waals surface area contributed by atoms with E-state index in [2.05, 4.69) is 10.6 Å². The summed E-state index contributed by atoms with van der Waals surface area (Å²) in [6, 6.07) is -0.475. The van der Waals surface area contributed by atoms with Gasteiger partial charge in [0, 0.05) is 12.7 Å². The summed E-state index contributed by atoms with van der Waals surface area (Å²) < 4.78 is 11.4. The summed E-state index contributed by atoms with van der Waals surface area (Å²) in [6.45, 7) is 9.62. The molecule has 0 heterocycles. The molecule has 0 amide bonds. The molecule has 3 N–H and O–H groups in total. The first-order chi connectivity index (χ1) is 8.24. The molecule has 0 aromatic rings. The van der Waals surface area contributed by atoms with E-state index in [1.54, 1.807) is 13.3 Å². The molecule has 1 atom stereocenters. The molecular formula is C12H27N2O3P. The molecule has 0 aromatic carbocycles. The maximum absolute atomic E-state index is 11.4. The van der Waals surface area contributed by atoms with Crippen LogP contribution in [-0.4, -0.2) is 56.2 Å². The lowest BCUT2D eigenvalue weighted by molar-refractivity contribution is -0.140. The highest BCUT2D eigenvalue weighted by Crippen LogP contribution is 2.34. The second-order valence-corrected chi connectivity index (χ2v) is 9.01. The molecule has 6 heteroatoms. The second-order valence-electron chi connectivity index (χ2n) is 5.42. The molecule has 5 nitrogen and oxygen atoms in total. The van der Waals surface area contributed by atoms with E-state index in [1.807, 2.05) is 13.8 Å². The first-order valence-electron chi connectivity index (χ1n) is 6.45. The average Bonchev–Trinajstić information content (AvgIpc) is 2.19. The summed E-state index contributed by atoms with van der Waals surface area (Å²) in [7, 11) is -1.92. The van der Waals surface area contributed by atoms with Gasteiger partial charge in [-0.2, -0.15) is 0 Å². The van der Waals surface area contributed by atoms with Crippen molar-refractivity contribution >= 4 is 13.1 Å². The molecule has 0 aliphatic heterocycles. The molecule has 108 valence electrons. The third-order valence-corrected chi connectivity index (χ3v) is 3.95. The van der Waals surface area contributed by atoms with Gasteiger partial charge in [-0.15, -0.1) is 0 Å². The fourth-order valence-corrected chi connectivity index (χ4v) is 2.25. The molecular weight excluding hydrogens is 251 g/mol. The van der Waals surface area contributed by atoms with Crippen molar-refractivity contribution in [3.8, 4) is 0 Å². The van der Waals surface area contributed by atoms with Crippen molar-refractivity contribution in [3.63, 3.8) is 0 Å². The van der Waals surface area contributed by atoms with Gasteiger partial charge in [0.15, 0.2) is 0 Å². The Kier molecular flexibility index (Phi) is 8.49. The van der Waals surface area contributed by atoms with E-state index < -0.39 is 19.2 Å². The van der Waals surface area contributed by atoms with E-state index in [0.29, 0.717) is 12.7 Å². The molecule has 1 unspecified atom stereocenters. The van der Waals surface area contributed by atoms with Crippen molar-refractivity contribution in [2.75, 3.05) is 39.1 Å². The number of aliphatic carboxylic acids is 1. The van der Waals surface area contributed by atoms with Gasteiger partial charge in [-0.05, 0) is 38.8 Å². The zero-order valence-corrected chi connectivity index (χ0v) is 12.8. The quantitative estimate of drug-likeness (QED) is 0.414. The number of carboxylic acids is 1. The normalized spacial score (nSPS) is 13.8. The summed E-state index contributed by atoms with van der Waals surface area (Å²) in [5, 5.41) is 15.2. The number of rotatable bonds is 10. The minimum Gasteiger partial charge on any atom is -0.480 e. The van der Waals surface area contributed by atoms with E-state index >= 15 is 0 Å². The van der Waals surface area contributed by atoms with Crippen LogP contribution >= 0.6 is 7.14 Å². The summed E-state index contributed by atoms with van der Waals surface area (Å²) in [5.41, 5.74) is 0. The molecule has 0 aliphatic carbocycles. The molecule has 0 saturated carbocycles. The molecule has 0 bridgehead atoms. The van der Waals surface area contributed by atoms with Gasteiger partial charge in [0.05, 0.1) is 7.14 Å². The van der Waals surface area contributed by atoms with Crippen LogP contribution < -0.4 is 10.6 Å². The van der Waals surface area contributed by atoms with Crippen LogP contribution in [0, 0.1) is 5.92 Å². The van der Waals surface area contributed by atoms with Crippen LogP contribution in [0.4, 0.5) is 0 Å². The second kappa shape index (κ2) is 8.68. The van der Waals surface area contributed by atoms with Crippen LogP contribution in [0.5, 0.6) is 0 Å². The van der Waals surface area contributed by atoms with Crippen molar-refractivity contribution in [2.45, 2.75) is 26.3 Å². The predicted octanol–water partition coefficient (Wildman–Crippen LogP) is 1.29. The molecule has 0 aromatic heterocycles. The Morgan fingerprint density at radius 3 is 2.28 bits per heavy atom. The summed E-state index contributed by atoms with van der Waals surface area (Å²) in [6.07, 6.45) is 1.58. The fourth-order valence-electron chi connectivity index (χ4n) is 1.55. The highest BCUT2D eigenvalue weighted by atomic mass is 31.2. The van der Waals surface area contributed by atoms with Crippen LogP contribution in [0.25, 0.3) is 0 Å².